The van der Waals surface area contributed by atoms with Crippen LogP contribution in [0.15, 0.2) is 0 Å². The molecule has 0 aromatic carbocycles. The zero-order valence-corrected chi connectivity index (χ0v) is 7.01. The van der Waals surface area contributed by atoms with Crippen molar-refractivity contribution in [1.82, 2.24) is 0 Å². The van der Waals surface area contributed by atoms with Crippen LogP contribution in [-0.2, 0) is 0 Å². The fourth-order valence-electron chi connectivity index (χ4n) is 0.0577. The van der Waals surface area contributed by atoms with Gasteiger partial charge in [0.15, 0.2) is 0 Å². The van der Waals surface area contributed by atoms with Crippen molar-refractivity contribution in [1.29, 1.82) is 0 Å². The molecule has 0 aliphatic rings. The van der Waals surface area contributed by atoms with Gasteiger partial charge in [-0.2, -0.15) is 0 Å². The molecule has 6 heteroatoms. The third-order valence-corrected chi connectivity index (χ3v) is 0.686. The Bertz CT molecular complexity index is 63.1. The van der Waals surface area contributed by atoms with Gasteiger partial charge in [-0.3, -0.25) is 0 Å². The van der Waals surface area contributed by atoms with E-state index in [1.54, 1.807) is 0 Å². The second kappa shape index (κ2) is 13.4. The van der Waals surface area contributed by atoms with Crippen LogP contribution in [0.4, 0.5) is 0 Å². The minimum atomic E-state index is -0.954. The highest BCUT2D eigenvalue weighted by Crippen LogP contribution is 1.71. The van der Waals surface area contributed by atoms with Gasteiger partial charge >= 0.3 is 0 Å². The summed E-state index contributed by atoms with van der Waals surface area (Å²) < 4.78 is 0. The summed E-state index contributed by atoms with van der Waals surface area (Å²) in [4.78, 5) is 0. The van der Waals surface area contributed by atoms with Gasteiger partial charge in [-0.15, -0.1) is 0 Å². The maximum Gasteiger partial charge on any atom is 0.100 e. The van der Waals surface area contributed by atoms with Crippen molar-refractivity contribution in [2.75, 3.05) is 19.8 Å². The molecule has 0 fully saturated rings. The van der Waals surface area contributed by atoms with Crippen molar-refractivity contribution in [3.63, 3.8) is 0 Å². The third-order valence-electron chi connectivity index (χ3n) is 0.686. The molecular weight excluding hydrogens is 168 g/mol. The van der Waals surface area contributed by atoms with E-state index in [-0.39, 0.29) is 25.3 Å². The second-order valence-electron chi connectivity index (χ2n) is 2.05. The summed E-state index contributed by atoms with van der Waals surface area (Å²) in [5.74, 6) is 0. The fraction of sp³-hybridized carbons (Fsp3) is 1.00. The molecule has 1 atom stereocenters. The van der Waals surface area contributed by atoms with Gasteiger partial charge in [0.1, 0.15) is 6.10 Å². The van der Waals surface area contributed by atoms with Gasteiger partial charge in [-0.05, 0) is 6.92 Å². The highest BCUT2D eigenvalue weighted by Gasteiger charge is 1.93. The monoisotopic (exact) mass is 186 g/mol. The summed E-state index contributed by atoms with van der Waals surface area (Å²) in [6, 6.07) is 0. The quantitative estimate of drug-likeness (QED) is 0.318. The summed E-state index contributed by atoms with van der Waals surface area (Å²) in [5.41, 5.74) is 0. The van der Waals surface area contributed by atoms with Gasteiger partial charge in [-0.1, -0.05) is 0 Å². The first-order chi connectivity index (χ1) is 5.08. The molecule has 12 heavy (non-hydrogen) atoms. The van der Waals surface area contributed by atoms with E-state index in [2.05, 4.69) is 0 Å². The van der Waals surface area contributed by atoms with E-state index >= 15 is 0 Å². The van der Waals surface area contributed by atoms with E-state index in [0.717, 1.165) is 0 Å². The van der Waals surface area contributed by atoms with Crippen LogP contribution in [-0.4, -0.2) is 63.0 Å². The second-order valence-corrected chi connectivity index (χ2v) is 2.05. The molecule has 1 unspecified atom stereocenters. The molecule has 7 N–H and O–H groups in total. The van der Waals surface area contributed by atoms with Crippen molar-refractivity contribution < 1.29 is 31.0 Å². The Labute approximate surface area is 71.0 Å². The maximum absolute atomic E-state index is 8.17. The molecule has 6 nitrogen and oxygen atoms in total. The summed E-state index contributed by atoms with van der Waals surface area (Å²) in [5, 5.41) is 40.0. The molecule has 0 aliphatic carbocycles. The Balaban J connectivity index is -0.000000126. The van der Waals surface area contributed by atoms with Crippen LogP contribution in [0.3, 0.4) is 0 Å². The van der Waals surface area contributed by atoms with Gasteiger partial charge < -0.3 is 31.0 Å². The van der Waals surface area contributed by atoms with E-state index in [9.17, 15) is 0 Å². The highest BCUT2D eigenvalue weighted by atomic mass is 16.3. The van der Waals surface area contributed by atoms with Crippen LogP contribution in [0.25, 0.3) is 0 Å². The first kappa shape index (κ1) is 17.7. The predicted octanol–water partition coefficient (Wildman–Crippen LogP) is -3.13. The Morgan fingerprint density at radius 3 is 1.17 bits per heavy atom. The Morgan fingerprint density at radius 2 is 1.17 bits per heavy atom. The number of rotatable bonds is 3. The Morgan fingerprint density at radius 1 is 0.917 bits per heavy atom. The van der Waals surface area contributed by atoms with Gasteiger partial charge in [-0.25, -0.2) is 0 Å². The summed E-state index contributed by atoms with van der Waals surface area (Å²) >= 11 is 0. The lowest BCUT2D eigenvalue weighted by Crippen LogP contribution is -2.15. The van der Waals surface area contributed by atoms with Crippen LogP contribution in [0.2, 0.25) is 0 Å². The lowest BCUT2D eigenvalue weighted by Gasteiger charge is -1.96. The van der Waals surface area contributed by atoms with Crippen molar-refractivity contribution >= 4 is 0 Å². The molecule has 0 aromatic heterocycles. The minimum absolute atomic E-state index is 0. The molecule has 0 aromatic rings. The van der Waals surface area contributed by atoms with Crippen LogP contribution in [0, 0.1) is 0 Å². The number of hydrogen-bond acceptors (Lipinski definition) is 5. The third kappa shape index (κ3) is 22.6. The molecule has 0 amide bonds. The summed E-state index contributed by atoms with van der Waals surface area (Å²) in [7, 11) is 0. The summed E-state index contributed by atoms with van der Waals surface area (Å²) in [6.07, 6.45) is -1.51. The molecule has 0 spiro atoms. The molecular formula is C6H18O6. The van der Waals surface area contributed by atoms with Crippen molar-refractivity contribution in [2.45, 2.75) is 19.1 Å². The number of hydrogen-bond donors (Lipinski definition) is 5. The normalized spacial score (nSPS) is 11.2. The van der Waals surface area contributed by atoms with Gasteiger partial charge in [0.25, 0.3) is 0 Å². The van der Waals surface area contributed by atoms with E-state index in [1.807, 2.05) is 0 Å². The first-order valence-corrected chi connectivity index (χ1v) is 3.27. The van der Waals surface area contributed by atoms with E-state index < -0.39 is 12.2 Å². The largest absolute Gasteiger partial charge is 0.412 e. The molecule has 0 bridgehead atoms. The van der Waals surface area contributed by atoms with Gasteiger partial charge in [0.05, 0.1) is 25.9 Å². The lowest BCUT2D eigenvalue weighted by molar-refractivity contribution is 0.0450. The smallest absolute Gasteiger partial charge is 0.100 e. The highest BCUT2D eigenvalue weighted by molar-refractivity contribution is 4.44. The van der Waals surface area contributed by atoms with Crippen molar-refractivity contribution in [3.8, 4) is 0 Å². The van der Waals surface area contributed by atoms with E-state index in [4.69, 9.17) is 25.5 Å². The number of aliphatic hydroxyl groups is 5. The van der Waals surface area contributed by atoms with Crippen LogP contribution in [0.1, 0.15) is 6.92 Å². The van der Waals surface area contributed by atoms with Crippen molar-refractivity contribution in [2.24, 2.45) is 0 Å². The van der Waals surface area contributed by atoms with Crippen LogP contribution < -0.4 is 0 Å². The number of aliphatic hydroxyl groups excluding tert-OH is 5. The van der Waals surface area contributed by atoms with Crippen molar-refractivity contribution in [3.05, 3.63) is 0 Å². The molecule has 0 aliphatic heterocycles. The average molecular weight is 186 g/mol. The molecule has 0 saturated heterocycles. The van der Waals surface area contributed by atoms with Gasteiger partial charge in [0, 0.05) is 0 Å². The van der Waals surface area contributed by atoms with Gasteiger partial charge in [0.2, 0.25) is 0 Å². The van der Waals surface area contributed by atoms with E-state index in [0.29, 0.717) is 0 Å². The molecule has 0 heterocycles. The standard InChI is InChI=1S/C3H8O3.C3H8O2.H2O/c4-1-3(6)2-5;1-3(5)2-4;/h3-6H,1-2H2;3-5H,2H2,1H3;1H2. The Hall–Kier alpha value is -0.240. The topological polar surface area (TPSA) is 133 Å². The predicted molar refractivity (Wildman–Crippen MR) is 42.6 cm³/mol. The van der Waals surface area contributed by atoms with Crippen LogP contribution in [0.5, 0.6) is 0 Å². The minimum Gasteiger partial charge on any atom is -0.412 e. The fourth-order valence-corrected chi connectivity index (χ4v) is 0.0577. The summed E-state index contributed by atoms with van der Waals surface area (Å²) in [6.45, 7) is 0.660. The molecule has 0 rings (SSSR count). The Kier molecular flexibility index (Phi) is 19.7. The zero-order chi connectivity index (χ0) is 9.28. The zero-order valence-electron chi connectivity index (χ0n) is 7.01. The maximum atomic E-state index is 8.17. The lowest BCUT2D eigenvalue weighted by atomic mass is 10.4. The SMILES string of the molecule is CC(O)CO.O.OCC(O)CO. The molecule has 0 saturated carbocycles. The average Bonchev–Trinajstić information content (AvgIpc) is 2.04. The van der Waals surface area contributed by atoms with E-state index in [1.165, 1.54) is 6.92 Å². The molecule has 78 valence electrons. The first-order valence-electron chi connectivity index (χ1n) is 3.27. The van der Waals surface area contributed by atoms with Crippen LogP contribution >= 0.6 is 0 Å². The molecule has 0 radical (unpaired) electrons.